The van der Waals surface area contributed by atoms with Crippen molar-refractivity contribution in [3.63, 3.8) is 0 Å². The number of rotatable bonds is 4. The first-order chi connectivity index (χ1) is 12.5. The van der Waals surface area contributed by atoms with Crippen LogP contribution in [0, 0.1) is 13.8 Å². The number of ether oxygens (including phenoxy) is 1. The number of carbonyl (C=O) groups is 2. The summed E-state index contributed by atoms with van der Waals surface area (Å²) in [7, 11) is 1.37. The summed E-state index contributed by atoms with van der Waals surface area (Å²) < 4.78 is 7.65. The minimum absolute atomic E-state index is 0.224. The van der Waals surface area contributed by atoms with E-state index < -0.39 is 0 Å². The molecule has 0 aliphatic carbocycles. The zero-order valence-electron chi connectivity index (χ0n) is 15.0. The molecule has 1 aromatic heterocycles. The first-order valence-corrected chi connectivity index (χ1v) is 9.12. The molecule has 0 aliphatic heterocycles. The fraction of sp³-hybridized carbons (Fsp3) is 0.250. The molecule has 0 unspecified atom stereocenters. The lowest BCUT2D eigenvalue weighted by Gasteiger charge is -2.05. The molecule has 0 bridgehead atoms. The third-order valence-corrected chi connectivity index (χ3v) is 5.22. The Morgan fingerprint density at radius 3 is 2.65 bits per heavy atom. The Kier molecular flexibility index (Phi) is 5.32. The first-order valence-electron chi connectivity index (χ1n) is 8.31. The number of para-hydroxylation sites is 1. The zero-order chi connectivity index (χ0) is 18.7. The molecule has 3 rings (SSSR count). The van der Waals surface area contributed by atoms with Gasteiger partial charge in [-0.15, -0.1) is 0 Å². The van der Waals surface area contributed by atoms with Gasteiger partial charge >= 0.3 is 5.97 Å². The summed E-state index contributed by atoms with van der Waals surface area (Å²) in [6.45, 7) is 4.31. The number of aromatic nitrogens is 1. The molecule has 6 heteroatoms. The van der Waals surface area contributed by atoms with E-state index in [4.69, 9.17) is 4.74 Å². The van der Waals surface area contributed by atoms with Crippen LogP contribution in [0.3, 0.4) is 0 Å². The standard InChI is InChI=1S/C20H20N2O3S/c1-13-8-9-15(14(2)12-13)19(24)21-20-22(11-10-18(23)25-3)16-6-4-5-7-17(16)26-20/h4-9,12H,10-11H2,1-3H3. The molecule has 1 heterocycles. The zero-order valence-corrected chi connectivity index (χ0v) is 15.8. The van der Waals surface area contributed by atoms with Crippen LogP contribution >= 0.6 is 11.3 Å². The minimum Gasteiger partial charge on any atom is -0.469 e. The fourth-order valence-corrected chi connectivity index (χ4v) is 3.88. The van der Waals surface area contributed by atoms with Crippen molar-refractivity contribution in [1.29, 1.82) is 0 Å². The molecule has 5 nitrogen and oxygen atoms in total. The number of methoxy groups -OCH3 is 1. The summed E-state index contributed by atoms with van der Waals surface area (Å²) in [6.07, 6.45) is 0.224. The maximum Gasteiger partial charge on any atom is 0.307 e. The highest BCUT2D eigenvalue weighted by Gasteiger charge is 2.12. The molecule has 0 fully saturated rings. The molecule has 26 heavy (non-hydrogen) atoms. The molecule has 0 radical (unpaired) electrons. The predicted octanol–water partition coefficient (Wildman–Crippen LogP) is 3.62. The molecule has 0 N–H and O–H groups in total. The second-order valence-electron chi connectivity index (χ2n) is 6.07. The van der Waals surface area contributed by atoms with Gasteiger partial charge in [0.2, 0.25) is 0 Å². The molecule has 0 saturated carbocycles. The second kappa shape index (κ2) is 7.66. The van der Waals surface area contributed by atoms with Gasteiger partial charge in [0, 0.05) is 12.1 Å². The minimum atomic E-state index is -0.292. The fourth-order valence-electron chi connectivity index (χ4n) is 2.83. The van der Waals surface area contributed by atoms with Gasteiger partial charge in [-0.05, 0) is 37.6 Å². The van der Waals surface area contributed by atoms with Gasteiger partial charge in [0.15, 0.2) is 4.80 Å². The average molecular weight is 368 g/mol. The van der Waals surface area contributed by atoms with Crippen molar-refractivity contribution in [1.82, 2.24) is 4.57 Å². The Hall–Kier alpha value is -2.73. The molecular weight excluding hydrogens is 348 g/mol. The molecule has 0 spiro atoms. The van der Waals surface area contributed by atoms with E-state index in [9.17, 15) is 9.59 Å². The third-order valence-electron chi connectivity index (χ3n) is 4.16. The summed E-state index contributed by atoms with van der Waals surface area (Å²) in [5.41, 5.74) is 3.55. The quantitative estimate of drug-likeness (QED) is 0.661. The second-order valence-corrected chi connectivity index (χ2v) is 7.07. The Morgan fingerprint density at radius 2 is 1.92 bits per heavy atom. The third kappa shape index (κ3) is 3.75. The van der Waals surface area contributed by atoms with Crippen molar-refractivity contribution in [3.8, 4) is 0 Å². The number of hydrogen-bond donors (Lipinski definition) is 0. The Bertz CT molecular complexity index is 1050. The van der Waals surface area contributed by atoms with Gasteiger partial charge in [0.05, 0.1) is 23.7 Å². The van der Waals surface area contributed by atoms with E-state index >= 15 is 0 Å². The summed E-state index contributed by atoms with van der Waals surface area (Å²) in [6, 6.07) is 13.5. The van der Waals surface area contributed by atoms with Crippen LogP contribution in [0.5, 0.6) is 0 Å². The van der Waals surface area contributed by atoms with Crippen LogP contribution in [0.15, 0.2) is 47.5 Å². The average Bonchev–Trinajstić information content (AvgIpc) is 2.96. The maximum atomic E-state index is 12.7. The highest BCUT2D eigenvalue weighted by Crippen LogP contribution is 2.18. The van der Waals surface area contributed by atoms with Gasteiger partial charge in [0.25, 0.3) is 5.91 Å². The van der Waals surface area contributed by atoms with Gasteiger partial charge in [-0.1, -0.05) is 41.2 Å². The van der Waals surface area contributed by atoms with Crippen LogP contribution in [0.25, 0.3) is 10.2 Å². The molecule has 0 aliphatic rings. The Morgan fingerprint density at radius 1 is 1.15 bits per heavy atom. The van der Waals surface area contributed by atoms with E-state index in [1.807, 2.05) is 60.9 Å². The predicted molar refractivity (Wildman–Crippen MR) is 102 cm³/mol. The Balaban J connectivity index is 2.06. The van der Waals surface area contributed by atoms with Crippen LogP contribution in [0.1, 0.15) is 27.9 Å². The molecule has 134 valence electrons. The normalized spacial score (nSPS) is 11.7. The molecule has 0 atom stereocenters. The first kappa shape index (κ1) is 18.1. The van der Waals surface area contributed by atoms with Gasteiger partial charge < -0.3 is 9.30 Å². The lowest BCUT2D eigenvalue weighted by Crippen LogP contribution is -2.19. The molecule has 3 aromatic rings. The van der Waals surface area contributed by atoms with E-state index in [2.05, 4.69) is 4.99 Å². The number of nitrogens with zero attached hydrogens (tertiary/aromatic N) is 2. The molecular formula is C20H20N2O3S. The number of esters is 1. The molecule has 0 saturated heterocycles. The maximum absolute atomic E-state index is 12.7. The van der Waals surface area contributed by atoms with Crippen LogP contribution in [0.2, 0.25) is 0 Å². The van der Waals surface area contributed by atoms with E-state index in [1.165, 1.54) is 18.4 Å². The van der Waals surface area contributed by atoms with Crippen molar-refractivity contribution < 1.29 is 14.3 Å². The van der Waals surface area contributed by atoms with Gasteiger partial charge in [-0.3, -0.25) is 9.59 Å². The summed E-state index contributed by atoms with van der Waals surface area (Å²) in [4.78, 5) is 29.2. The lowest BCUT2D eigenvalue weighted by molar-refractivity contribution is -0.140. The number of carbonyl (C=O) groups excluding carboxylic acids is 2. The lowest BCUT2D eigenvalue weighted by atomic mass is 10.1. The van der Waals surface area contributed by atoms with Gasteiger partial charge in [-0.2, -0.15) is 4.99 Å². The van der Waals surface area contributed by atoms with Crippen molar-refractivity contribution in [2.24, 2.45) is 4.99 Å². The van der Waals surface area contributed by atoms with Crippen molar-refractivity contribution in [3.05, 3.63) is 64.0 Å². The highest BCUT2D eigenvalue weighted by molar-refractivity contribution is 7.16. The van der Waals surface area contributed by atoms with Gasteiger partial charge in [0.1, 0.15) is 0 Å². The summed E-state index contributed by atoms with van der Waals surface area (Å²) in [5.74, 6) is -0.569. The van der Waals surface area contributed by atoms with Crippen LogP contribution in [-0.2, 0) is 16.1 Å². The van der Waals surface area contributed by atoms with Gasteiger partial charge in [-0.25, -0.2) is 0 Å². The number of thiazole rings is 1. The molecule has 2 aromatic carbocycles. The van der Waals surface area contributed by atoms with E-state index in [1.54, 1.807) is 0 Å². The number of fused-ring (bicyclic) bond motifs is 1. The largest absolute Gasteiger partial charge is 0.469 e. The number of aryl methyl sites for hydroxylation is 3. The number of benzene rings is 2. The van der Waals surface area contributed by atoms with Crippen LogP contribution < -0.4 is 4.80 Å². The van der Waals surface area contributed by atoms with E-state index in [0.717, 1.165) is 21.3 Å². The smallest absolute Gasteiger partial charge is 0.307 e. The monoisotopic (exact) mass is 368 g/mol. The van der Waals surface area contributed by atoms with Crippen molar-refractivity contribution in [2.45, 2.75) is 26.8 Å². The van der Waals surface area contributed by atoms with Crippen molar-refractivity contribution >= 4 is 33.4 Å². The van der Waals surface area contributed by atoms with Crippen LogP contribution in [0.4, 0.5) is 0 Å². The highest BCUT2D eigenvalue weighted by atomic mass is 32.1. The topological polar surface area (TPSA) is 60.7 Å². The summed E-state index contributed by atoms with van der Waals surface area (Å²) >= 11 is 1.44. The SMILES string of the molecule is COC(=O)CCn1c(=NC(=O)c2ccc(C)cc2C)sc2ccccc21. The van der Waals surface area contributed by atoms with E-state index in [0.29, 0.717) is 16.9 Å². The summed E-state index contributed by atoms with van der Waals surface area (Å²) in [5, 5.41) is 0. The van der Waals surface area contributed by atoms with Crippen molar-refractivity contribution in [2.75, 3.05) is 7.11 Å². The number of hydrogen-bond acceptors (Lipinski definition) is 4. The Labute approximate surface area is 155 Å². The van der Waals surface area contributed by atoms with E-state index in [-0.39, 0.29) is 18.3 Å². The van der Waals surface area contributed by atoms with Crippen LogP contribution in [-0.4, -0.2) is 23.6 Å². The number of amides is 1. The molecule has 1 amide bonds.